The highest BCUT2D eigenvalue weighted by Gasteiger charge is 2.35. The third-order valence-electron chi connectivity index (χ3n) is 4.77. The molecular formula is C18H25F3. The summed E-state index contributed by atoms with van der Waals surface area (Å²) in [4.78, 5) is 0. The van der Waals surface area contributed by atoms with Crippen LogP contribution in [0.2, 0.25) is 0 Å². The maximum atomic E-state index is 13.1. The number of hydrogen-bond donors (Lipinski definition) is 0. The van der Waals surface area contributed by atoms with Gasteiger partial charge in [0.25, 0.3) is 0 Å². The Morgan fingerprint density at radius 1 is 1.00 bits per heavy atom. The number of alkyl halides is 3. The van der Waals surface area contributed by atoms with E-state index in [1.165, 1.54) is 37.8 Å². The van der Waals surface area contributed by atoms with Crippen LogP contribution in [0.5, 0.6) is 0 Å². The molecule has 0 bridgehead atoms. The van der Waals surface area contributed by atoms with Gasteiger partial charge in [-0.2, -0.15) is 13.2 Å². The van der Waals surface area contributed by atoms with Gasteiger partial charge < -0.3 is 0 Å². The predicted molar refractivity (Wildman–Crippen MR) is 80.3 cm³/mol. The minimum absolute atomic E-state index is 0.0882. The lowest BCUT2D eigenvalue weighted by Gasteiger charge is -2.30. The highest BCUT2D eigenvalue weighted by molar-refractivity contribution is 5.33. The Morgan fingerprint density at radius 3 is 2.29 bits per heavy atom. The normalized spacial score (nSPS) is 23.2. The second kappa shape index (κ2) is 7.33. The average Bonchev–Trinajstić information content (AvgIpc) is 2.47. The van der Waals surface area contributed by atoms with Crippen LogP contribution in [-0.2, 0) is 6.18 Å². The molecule has 0 aliphatic heterocycles. The molecule has 2 rings (SSSR count). The van der Waals surface area contributed by atoms with Crippen LogP contribution < -0.4 is 0 Å². The lowest BCUT2D eigenvalue weighted by Crippen LogP contribution is -2.17. The topological polar surface area (TPSA) is 0 Å². The van der Waals surface area contributed by atoms with Gasteiger partial charge in [0.2, 0.25) is 0 Å². The predicted octanol–water partition coefficient (Wildman–Crippen LogP) is 6.56. The number of unbranched alkanes of at least 4 members (excludes halogenated alkanes) is 2. The van der Waals surface area contributed by atoms with Crippen LogP contribution in [-0.4, -0.2) is 0 Å². The summed E-state index contributed by atoms with van der Waals surface area (Å²) >= 11 is 0. The van der Waals surface area contributed by atoms with E-state index in [4.69, 9.17) is 0 Å². The third kappa shape index (κ3) is 4.49. The Labute approximate surface area is 125 Å². The fourth-order valence-electron chi connectivity index (χ4n) is 3.56. The van der Waals surface area contributed by atoms with Crippen molar-refractivity contribution >= 4 is 0 Å². The lowest BCUT2D eigenvalue weighted by molar-refractivity contribution is -0.138. The van der Waals surface area contributed by atoms with Crippen molar-refractivity contribution < 1.29 is 13.2 Å². The molecular weight excluding hydrogens is 273 g/mol. The summed E-state index contributed by atoms with van der Waals surface area (Å²) in [5, 5.41) is 0. The van der Waals surface area contributed by atoms with Crippen LogP contribution in [0, 0.1) is 5.92 Å². The summed E-state index contributed by atoms with van der Waals surface area (Å²) in [7, 11) is 0. The molecule has 0 saturated heterocycles. The van der Waals surface area contributed by atoms with E-state index in [1.54, 1.807) is 12.1 Å². The highest BCUT2D eigenvalue weighted by Crippen LogP contribution is 2.42. The molecule has 1 aliphatic carbocycles. The lowest BCUT2D eigenvalue weighted by atomic mass is 9.76. The standard InChI is InChI=1S/C18H25F3/c1-2-3-4-7-14-10-12-15(13-11-14)16-8-5-6-9-17(16)18(19,20)21/h5-6,8-9,14-15H,2-4,7,10-13H2,1H3. The number of benzene rings is 1. The first-order valence-electron chi connectivity index (χ1n) is 8.18. The Morgan fingerprint density at radius 2 is 1.67 bits per heavy atom. The van der Waals surface area contributed by atoms with E-state index in [0.29, 0.717) is 5.56 Å². The molecule has 0 radical (unpaired) electrons. The van der Waals surface area contributed by atoms with Gasteiger partial charge in [0.15, 0.2) is 0 Å². The summed E-state index contributed by atoms with van der Waals surface area (Å²) in [6.45, 7) is 2.20. The maximum absolute atomic E-state index is 13.1. The summed E-state index contributed by atoms with van der Waals surface area (Å²) in [6.07, 6.45) is 4.78. The molecule has 0 amide bonds. The minimum atomic E-state index is -4.23. The summed E-state index contributed by atoms with van der Waals surface area (Å²) in [6, 6.07) is 6.12. The molecule has 21 heavy (non-hydrogen) atoms. The van der Waals surface area contributed by atoms with Gasteiger partial charge in [-0.1, -0.05) is 50.8 Å². The molecule has 1 aromatic rings. The molecule has 0 aromatic heterocycles. The summed E-state index contributed by atoms with van der Waals surface area (Å²) < 4.78 is 39.3. The van der Waals surface area contributed by atoms with Crippen molar-refractivity contribution in [3.63, 3.8) is 0 Å². The molecule has 1 fully saturated rings. The first-order valence-corrected chi connectivity index (χ1v) is 8.18. The molecule has 0 spiro atoms. The van der Waals surface area contributed by atoms with E-state index in [0.717, 1.165) is 31.6 Å². The van der Waals surface area contributed by atoms with E-state index in [1.807, 2.05) is 0 Å². The zero-order valence-electron chi connectivity index (χ0n) is 12.8. The van der Waals surface area contributed by atoms with Gasteiger partial charge in [-0.15, -0.1) is 0 Å². The molecule has 0 atom stereocenters. The molecule has 1 saturated carbocycles. The van der Waals surface area contributed by atoms with Gasteiger partial charge in [-0.05, 0) is 49.1 Å². The summed E-state index contributed by atoms with van der Waals surface area (Å²) in [5.41, 5.74) is 0.0800. The number of rotatable bonds is 5. The van der Waals surface area contributed by atoms with Crippen molar-refractivity contribution in [3.8, 4) is 0 Å². The van der Waals surface area contributed by atoms with E-state index >= 15 is 0 Å². The van der Waals surface area contributed by atoms with E-state index in [-0.39, 0.29) is 5.92 Å². The second-order valence-corrected chi connectivity index (χ2v) is 6.30. The van der Waals surface area contributed by atoms with Crippen molar-refractivity contribution in [3.05, 3.63) is 35.4 Å². The van der Waals surface area contributed by atoms with E-state index < -0.39 is 11.7 Å². The van der Waals surface area contributed by atoms with E-state index in [9.17, 15) is 13.2 Å². The highest BCUT2D eigenvalue weighted by atomic mass is 19.4. The Balaban J connectivity index is 1.97. The van der Waals surface area contributed by atoms with Crippen LogP contribution >= 0.6 is 0 Å². The first kappa shape index (κ1) is 16.4. The van der Waals surface area contributed by atoms with Gasteiger partial charge in [0.05, 0.1) is 5.56 Å². The molecule has 0 N–H and O–H groups in total. The van der Waals surface area contributed by atoms with Gasteiger partial charge in [-0.25, -0.2) is 0 Å². The van der Waals surface area contributed by atoms with Gasteiger partial charge in [0, 0.05) is 0 Å². The fraction of sp³-hybridized carbons (Fsp3) is 0.667. The van der Waals surface area contributed by atoms with Crippen LogP contribution in [0.25, 0.3) is 0 Å². The van der Waals surface area contributed by atoms with Gasteiger partial charge in [0.1, 0.15) is 0 Å². The first-order chi connectivity index (χ1) is 10.0. The number of halogens is 3. The van der Waals surface area contributed by atoms with Crippen molar-refractivity contribution in [1.82, 2.24) is 0 Å². The molecule has 0 heterocycles. The largest absolute Gasteiger partial charge is 0.416 e. The van der Waals surface area contributed by atoms with Crippen LogP contribution in [0.3, 0.4) is 0 Å². The van der Waals surface area contributed by atoms with Crippen LogP contribution in [0.1, 0.15) is 75.3 Å². The van der Waals surface area contributed by atoms with Crippen molar-refractivity contribution in [2.24, 2.45) is 5.92 Å². The van der Waals surface area contributed by atoms with Crippen molar-refractivity contribution in [2.75, 3.05) is 0 Å². The number of hydrogen-bond acceptors (Lipinski definition) is 0. The maximum Gasteiger partial charge on any atom is 0.416 e. The Kier molecular flexibility index (Phi) is 5.72. The second-order valence-electron chi connectivity index (χ2n) is 6.30. The van der Waals surface area contributed by atoms with Gasteiger partial charge >= 0.3 is 6.18 Å². The fourth-order valence-corrected chi connectivity index (χ4v) is 3.56. The van der Waals surface area contributed by atoms with Gasteiger partial charge in [-0.3, -0.25) is 0 Å². The minimum Gasteiger partial charge on any atom is -0.166 e. The summed E-state index contributed by atoms with van der Waals surface area (Å²) in [5.74, 6) is 0.816. The molecule has 0 nitrogen and oxygen atoms in total. The zero-order chi connectivity index (χ0) is 15.3. The van der Waals surface area contributed by atoms with Crippen LogP contribution in [0.15, 0.2) is 24.3 Å². The SMILES string of the molecule is CCCCCC1CCC(c2ccccc2C(F)(F)F)CC1. The third-order valence-corrected chi connectivity index (χ3v) is 4.77. The Hall–Kier alpha value is -0.990. The molecule has 3 heteroatoms. The Bertz CT molecular complexity index is 428. The van der Waals surface area contributed by atoms with E-state index in [2.05, 4.69) is 6.92 Å². The monoisotopic (exact) mass is 298 g/mol. The quantitative estimate of drug-likeness (QED) is 0.540. The molecule has 1 aliphatic rings. The molecule has 1 aromatic carbocycles. The zero-order valence-corrected chi connectivity index (χ0v) is 12.8. The van der Waals surface area contributed by atoms with Crippen LogP contribution in [0.4, 0.5) is 13.2 Å². The van der Waals surface area contributed by atoms with Crippen molar-refractivity contribution in [2.45, 2.75) is 70.4 Å². The smallest absolute Gasteiger partial charge is 0.166 e. The molecule has 118 valence electrons. The average molecular weight is 298 g/mol. The van der Waals surface area contributed by atoms with Crippen molar-refractivity contribution in [1.29, 1.82) is 0 Å². The molecule has 0 unspecified atom stereocenters.